The fourth-order valence-corrected chi connectivity index (χ4v) is 8.50. The maximum atomic E-state index is 6.93. The van der Waals surface area contributed by atoms with Crippen LogP contribution in [0.2, 0.25) is 5.04 Å². The van der Waals surface area contributed by atoms with Crippen molar-refractivity contribution < 1.29 is 9.16 Å². The van der Waals surface area contributed by atoms with Gasteiger partial charge in [-0.25, -0.2) is 0 Å². The van der Waals surface area contributed by atoms with E-state index in [9.17, 15) is 0 Å². The number of hydrogen-bond donors (Lipinski definition) is 0. The fourth-order valence-electron chi connectivity index (χ4n) is 3.86. The monoisotopic (exact) mass is 404 g/mol. The highest BCUT2D eigenvalue weighted by molar-refractivity contribution is 6.99. The minimum absolute atomic E-state index is 0.0110. The number of benzene rings is 3. The molecule has 0 aliphatic heterocycles. The molecule has 0 aliphatic rings. The van der Waals surface area contributed by atoms with E-state index in [1.807, 2.05) is 18.2 Å². The van der Waals surface area contributed by atoms with Gasteiger partial charge in [0.1, 0.15) is 0 Å². The van der Waals surface area contributed by atoms with Crippen molar-refractivity contribution in [3.63, 3.8) is 0 Å². The minimum Gasteiger partial charge on any atom is -0.405 e. The third-order valence-electron chi connectivity index (χ3n) is 5.33. The smallest absolute Gasteiger partial charge is 0.261 e. The molecule has 0 unspecified atom stereocenters. The van der Waals surface area contributed by atoms with Gasteiger partial charge in [0.15, 0.2) is 0 Å². The van der Waals surface area contributed by atoms with Crippen molar-refractivity contribution >= 4 is 18.7 Å². The van der Waals surface area contributed by atoms with E-state index in [2.05, 4.69) is 100 Å². The first-order valence-corrected chi connectivity index (χ1v) is 12.2. The molecule has 0 radical (unpaired) electrons. The molecule has 29 heavy (non-hydrogen) atoms. The van der Waals surface area contributed by atoms with Gasteiger partial charge in [-0.2, -0.15) is 0 Å². The number of rotatable bonds is 8. The van der Waals surface area contributed by atoms with E-state index in [1.54, 1.807) is 0 Å². The molecule has 0 saturated heterocycles. The van der Waals surface area contributed by atoms with Crippen molar-refractivity contribution in [3.05, 3.63) is 96.6 Å². The summed E-state index contributed by atoms with van der Waals surface area (Å²) in [7, 11) is -2.50. The maximum Gasteiger partial charge on any atom is 0.261 e. The predicted octanol–water partition coefficient (Wildman–Crippen LogP) is 5.17. The first-order valence-electron chi connectivity index (χ1n) is 10.3. The van der Waals surface area contributed by atoms with Gasteiger partial charge in [0.2, 0.25) is 0 Å². The summed E-state index contributed by atoms with van der Waals surface area (Å²) >= 11 is 0. The largest absolute Gasteiger partial charge is 0.405 e. The Morgan fingerprint density at radius 3 is 1.62 bits per heavy atom. The van der Waals surface area contributed by atoms with Crippen LogP contribution in [0.25, 0.3) is 0 Å². The van der Waals surface area contributed by atoms with Crippen LogP contribution in [0, 0.1) is 0 Å². The van der Waals surface area contributed by atoms with Gasteiger partial charge in [-0.05, 0) is 27.9 Å². The minimum atomic E-state index is -2.50. The zero-order valence-corrected chi connectivity index (χ0v) is 19.0. The van der Waals surface area contributed by atoms with Crippen molar-refractivity contribution in [1.82, 2.24) is 0 Å². The molecule has 3 aromatic carbocycles. The lowest BCUT2D eigenvalue weighted by Gasteiger charge is -2.43. The van der Waals surface area contributed by atoms with Crippen molar-refractivity contribution in [1.29, 1.82) is 0 Å². The lowest BCUT2D eigenvalue weighted by atomic mass is 10.2. The zero-order chi connectivity index (χ0) is 20.7. The van der Waals surface area contributed by atoms with Gasteiger partial charge >= 0.3 is 0 Å². The molecule has 3 heteroatoms. The summed E-state index contributed by atoms with van der Waals surface area (Å²) in [5, 5.41) is 2.58. The highest BCUT2D eigenvalue weighted by Gasteiger charge is 2.50. The molecule has 3 aromatic rings. The van der Waals surface area contributed by atoms with Crippen molar-refractivity contribution in [3.8, 4) is 0 Å². The van der Waals surface area contributed by atoms with Crippen molar-refractivity contribution in [2.24, 2.45) is 0 Å². The molecular weight excluding hydrogens is 372 g/mol. The summed E-state index contributed by atoms with van der Waals surface area (Å²) < 4.78 is 13.0. The Hall–Kier alpha value is -2.20. The van der Waals surface area contributed by atoms with Crippen molar-refractivity contribution in [2.45, 2.75) is 45.4 Å². The van der Waals surface area contributed by atoms with Crippen LogP contribution < -0.4 is 10.4 Å². The first kappa shape index (κ1) is 21.5. The Bertz CT molecular complexity index is 818. The Balaban J connectivity index is 1.85. The van der Waals surface area contributed by atoms with Crippen LogP contribution in [0.1, 0.15) is 33.3 Å². The Morgan fingerprint density at radius 2 is 1.17 bits per heavy atom. The SMILES string of the molecule is C[C@@H](CO[Si](c1ccccc1)(c1ccccc1)C(C)(C)C)OCc1ccccc1. The van der Waals surface area contributed by atoms with Crippen molar-refractivity contribution in [2.75, 3.05) is 6.61 Å². The first-order chi connectivity index (χ1) is 13.9. The van der Waals surface area contributed by atoms with Gasteiger partial charge in [-0.15, -0.1) is 0 Å². The van der Waals surface area contributed by atoms with Crippen LogP contribution >= 0.6 is 0 Å². The molecule has 0 aliphatic carbocycles. The van der Waals surface area contributed by atoms with Gasteiger partial charge in [-0.3, -0.25) is 0 Å². The summed E-state index contributed by atoms with van der Waals surface area (Å²) in [6.45, 7) is 10.2. The van der Waals surface area contributed by atoms with E-state index in [-0.39, 0.29) is 11.1 Å². The summed E-state index contributed by atoms with van der Waals surface area (Å²) in [5.41, 5.74) is 1.18. The molecule has 0 bridgehead atoms. The lowest BCUT2D eigenvalue weighted by Crippen LogP contribution is -2.67. The normalized spacial score (nSPS) is 13.2. The van der Waals surface area contributed by atoms with Gasteiger partial charge in [0.05, 0.1) is 19.3 Å². The standard InChI is InChI=1S/C26H32O2Si/c1-22(27-21-23-14-8-5-9-15-23)20-28-29(26(2,3)4,24-16-10-6-11-17-24)25-18-12-7-13-19-25/h5-19,22H,20-21H2,1-4H3/t22-/m0/s1. The molecule has 0 heterocycles. The quantitative estimate of drug-likeness (QED) is 0.482. The van der Waals surface area contributed by atoms with E-state index in [0.717, 1.165) is 0 Å². The van der Waals surface area contributed by atoms with Crippen LogP contribution in [-0.2, 0) is 15.8 Å². The summed E-state index contributed by atoms with van der Waals surface area (Å²) in [6, 6.07) is 31.8. The third kappa shape index (κ3) is 5.05. The second-order valence-corrected chi connectivity index (χ2v) is 12.9. The average molecular weight is 405 g/mol. The Kier molecular flexibility index (Phi) is 7.07. The van der Waals surface area contributed by atoms with E-state index >= 15 is 0 Å². The summed E-state index contributed by atoms with van der Waals surface area (Å²) in [6.07, 6.45) is 0.0110. The second-order valence-electron chi connectivity index (χ2n) is 8.58. The third-order valence-corrected chi connectivity index (χ3v) is 10.3. The van der Waals surface area contributed by atoms with E-state index in [0.29, 0.717) is 13.2 Å². The van der Waals surface area contributed by atoms with Crippen LogP contribution in [-0.4, -0.2) is 21.0 Å². The second kappa shape index (κ2) is 9.53. The molecule has 0 aromatic heterocycles. The lowest BCUT2D eigenvalue weighted by molar-refractivity contribution is 0.0189. The van der Waals surface area contributed by atoms with Crippen LogP contribution in [0.15, 0.2) is 91.0 Å². The van der Waals surface area contributed by atoms with Gasteiger partial charge < -0.3 is 9.16 Å². The molecule has 2 nitrogen and oxygen atoms in total. The Morgan fingerprint density at radius 1 is 0.724 bits per heavy atom. The molecule has 0 saturated carbocycles. The molecule has 152 valence electrons. The highest BCUT2D eigenvalue weighted by Crippen LogP contribution is 2.36. The van der Waals surface area contributed by atoms with E-state index in [1.165, 1.54) is 15.9 Å². The molecule has 1 atom stereocenters. The average Bonchev–Trinajstić information content (AvgIpc) is 2.74. The highest BCUT2D eigenvalue weighted by atomic mass is 28.4. The predicted molar refractivity (Wildman–Crippen MR) is 124 cm³/mol. The molecule has 0 fully saturated rings. The molecule has 0 amide bonds. The van der Waals surface area contributed by atoms with Crippen LogP contribution in [0.3, 0.4) is 0 Å². The number of hydrogen-bond acceptors (Lipinski definition) is 2. The summed E-state index contributed by atoms with van der Waals surface area (Å²) in [5.74, 6) is 0. The maximum absolute atomic E-state index is 6.93. The molecule has 0 N–H and O–H groups in total. The van der Waals surface area contributed by atoms with Gasteiger partial charge in [-0.1, -0.05) is 112 Å². The molecular formula is C26H32O2Si. The molecule has 0 spiro atoms. The van der Waals surface area contributed by atoms with E-state index in [4.69, 9.17) is 9.16 Å². The van der Waals surface area contributed by atoms with Crippen LogP contribution in [0.4, 0.5) is 0 Å². The zero-order valence-electron chi connectivity index (χ0n) is 18.0. The van der Waals surface area contributed by atoms with Crippen LogP contribution in [0.5, 0.6) is 0 Å². The Labute approximate surface area is 176 Å². The fraction of sp³-hybridized carbons (Fsp3) is 0.308. The van der Waals surface area contributed by atoms with E-state index < -0.39 is 8.32 Å². The molecule has 3 rings (SSSR count). The summed E-state index contributed by atoms with van der Waals surface area (Å²) in [4.78, 5) is 0. The topological polar surface area (TPSA) is 18.5 Å². The number of ether oxygens (including phenoxy) is 1. The van der Waals surface area contributed by atoms with Gasteiger partial charge in [0, 0.05) is 0 Å². The van der Waals surface area contributed by atoms with Gasteiger partial charge in [0.25, 0.3) is 8.32 Å².